The second-order valence-corrected chi connectivity index (χ2v) is 16.9. The number of hydrogen-bond acceptors (Lipinski definition) is 0. The highest BCUT2D eigenvalue weighted by atomic mass is 15.2. The lowest BCUT2D eigenvalue weighted by Crippen LogP contribution is -2.05. The van der Waals surface area contributed by atoms with Crippen LogP contribution in [0.2, 0.25) is 0 Å². The van der Waals surface area contributed by atoms with Gasteiger partial charge >= 0.3 is 0 Å². The molecule has 0 saturated carbocycles. The molecule has 0 N–H and O–H groups in total. The van der Waals surface area contributed by atoms with Crippen molar-refractivity contribution in [2.75, 3.05) is 0 Å². The Morgan fingerprint density at radius 1 is 0.315 bits per heavy atom. The third kappa shape index (κ3) is 15.9. The molecule has 2 aromatic rings. The molecule has 1 aliphatic rings. The van der Waals surface area contributed by atoms with Gasteiger partial charge < -0.3 is 5.53 Å². The quantitative estimate of drug-likeness (QED) is 0.0528. The Morgan fingerprint density at radius 2 is 0.574 bits per heavy atom. The van der Waals surface area contributed by atoms with Crippen LogP contribution in [0.1, 0.15) is 242 Å². The molecule has 0 amide bonds. The van der Waals surface area contributed by atoms with Crippen LogP contribution in [0, 0.1) is 0 Å². The van der Waals surface area contributed by atoms with Gasteiger partial charge in [-0.05, 0) is 124 Å². The van der Waals surface area contributed by atoms with Gasteiger partial charge in [0.1, 0.15) is 0 Å². The van der Waals surface area contributed by atoms with E-state index >= 15 is 0 Å². The van der Waals surface area contributed by atoms with Gasteiger partial charge in [0.2, 0.25) is 11.4 Å². The minimum atomic E-state index is 1.03. The van der Waals surface area contributed by atoms with E-state index in [1.807, 2.05) is 0 Å². The fourth-order valence-electron chi connectivity index (χ4n) is 8.58. The largest absolute Gasteiger partial charge is 0.493 e. The molecule has 3 rings (SSSR count). The van der Waals surface area contributed by atoms with E-state index in [4.69, 9.17) is 0 Å². The molecule has 0 aromatic heterocycles. The van der Waals surface area contributed by atoms with Gasteiger partial charge in [0.15, 0.2) is 0 Å². The number of aryl methyl sites for hydroxylation is 4. The van der Waals surface area contributed by atoms with E-state index in [0.29, 0.717) is 0 Å². The van der Waals surface area contributed by atoms with E-state index in [0.717, 1.165) is 62.8 Å². The first-order valence-electron chi connectivity index (χ1n) is 23.7. The Labute approximate surface area is 335 Å². The lowest BCUT2D eigenvalue weighted by atomic mass is 9.89. The molecule has 0 atom stereocenters. The van der Waals surface area contributed by atoms with Crippen LogP contribution in [-0.2, 0) is 25.7 Å². The summed E-state index contributed by atoms with van der Waals surface area (Å²) in [5.74, 6) is 0. The van der Waals surface area contributed by atoms with Crippen LogP contribution < -0.4 is 0 Å². The fourth-order valence-corrected chi connectivity index (χ4v) is 8.58. The second kappa shape index (κ2) is 28.0. The first kappa shape index (κ1) is 45.9. The maximum absolute atomic E-state index is 12.7. The molecule has 0 spiro atoms. The predicted molar refractivity (Wildman–Crippen MR) is 239 cm³/mol. The average molecular weight is 737 g/mol. The lowest BCUT2D eigenvalue weighted by Gasteiger charge is -2.15. The normalized spacial score (nSPS) is 13.3. The van der Waals surface area contributed by atoms with Crippen LogP contribution in [0.5, 0.6) is 0 Å². The average Bonchev–Trinajstić information content (AvgIpc) is 3.46. The van der Waals surface area contributed by atoms with Crippen molar-refractivity contribution in [3.8, 4) is 0 Å². The van der Waals surface area contributed by atoms with Crippen LogP contribution in [-0.4, -0.2) is 4.70 Å². The van der Waals surface area contributed by atoms with Crippen molar-refractivity contribution in [1.29, 1.82) is 0 Å². The highest BCUT2D eigenvalue weighted by Crippen LogP contribution is 2.45. The van der Waals surface area contributed by atoms with Gasteiger partial charge in [-0.25, -0.2) is 4.70 Å². The fraction of sp³-hybridized carbons (Fsp3) is 0.692. The zero-order chi connectivity index (χ0) is 38.8. The molecule has 0 radical (unpaired) electrons. The summed E-state index contributed by atoms with van der Waals surface area (Å²) in [6.45, 7) is 13.8. The van der Waals surface area contributed by atoms with E-state index in [1.165, 1.54) is 186 Å². The number of nitrogens with zero attached hydrogens (tertiary/aromatic N) is 2. The number of unbranched alkanes of at least 4 members (excludes halogenated alkanes) is 18. The van der Waals surface area contributed by atoms with E-state index in [9.17, 15) is 5.53 Å². The van der Waals surface area contributed by atoms with E-state index < -0.39 is 0 Å². The smallest absolute Gasteiger partial charge is 0.211 e. The molecule has 54 heavy (non-hydrogen) atoms. The van der Waals surface area contributed by atoms with Crippen molar-refractivity contribution in [2.45, 2.75) is 234 Å². The van der Waals surface area contributed by atoms with Crippen molar-refractivity contribution in [1.82, 2.24) is 0 Å². The lowest BCUT2D eigenvalue weighted by molar-refractivity contribution is -0.345. The molecular weight excluding hydrogens is 653 g/mol. The van der Waals surface area contributed by atoms with E-state index in [-0.39, 0.29) is 0 Å². The predicted octanol–water partition coefficient (Wildman–Crippen LogP) is 17.3. The third-order valence-electron chi connectivity index (χ3n) is 11.8. The Balaban J connectivity index is 2.11. The molecule has 1 aliphatic heterocycles. The minimum Gasteiger partial charge on any atom is -0.493 e. The summed E-state index contributed by atoms with van der Waals surface area (Å²) in [6.07, 6.45) is 37.4. The summed E-state index contributed by atoms with van der Waals surface area (Å²) < 4.78 is 1.69. The molecule has 302 valence electrons. The summed E-state index contributed by atoms with van der Waals surface area (Å²) in [5.41, 5.74) is 26.0. The molecule has 0 fully saturated rings. The maximum Gasteiger partial charge on any atom is 0.211 e. The van der Waals surface area contributed by atoms with Gasteiger partial charge in [0, 0.05) is 22.3 Å². The molecule has 0 saturated heterocycles. The van der Waals surface area contributed by atoms with Crippen molar-refractivity contribution in [3.05, 3.63) is 86.5 Å². The summed E-state index contributed by atoms with van der Waals surface area (Å²) >= 11 is 0. The van der Waals surface area contributed by atoms with Crippen LogP contribution in [0.25, 0.3) is 16.9 Å². The van der Waals surface area contributed by atoms with E-state index in [1.54, 1.807) is 4.70 Å². The van der Waals surface area contributed by atoms with E-state index in [2.05, 4.69) is 77.9 Å². The highest BCUT2D eigenvalue weighted by molar-refractivity contribution is 5.82. The maximum atomic E-state index is 12.7. The van der Waals surface area contributed by atoms with Gasteiger partial charge in [-0.15, -0.1) is 0 Å². The SMILES string of the molecule is CCCCCCCCC1=C(c2cc(CCCC)cc(CCCC)c2)[N+](=[N-])C(c2cc(CCCCCCCC)cc(CCCCCCCC)c2)=C1CCCC. The van der Waals surface area contributed by atoms with Gasteiger partial charge in [0.05, 0.1) is 0 Å². The van der Waals surface area contributed by atoms with Gasteiger partial charge in [-0.1, -0.05) is 169 Å². The monoisotopic (exact) mass is 737 g/mol. The molecule has 0 unspecified atom stereocenters. The van der Waals surface area contributed by atoms with Crippen molar-refractivity contribution in [3.63, 3.8) is 0 Å². The first-order valence-corrected chi connectivity index (χ1v) is 23.7. The summed E-state index contributed by atoms with van der Waals surface area (Å²) in [7, 11) is 0. The number of rotatable bonds is 32. The van der Waals surface area contributed by atoms with Crippen LogP contribution >= 0.6 is 0 Å². The zero-order valence-corrected chi connectivity index (χ0v) is 36.6. The van der Waals surface area contributed by atoms with Crippen molar-refractivity contribution in [2.24, 2.45) is 0 Å². The molecule has 0 aliphatic carbocycles. The van der Waals surface area contributed by atoms with Crippen LogP contribution in [0.4, 0.5) is 0 Å². The van der Waals surface area contributed by atoms with Gasteiger partial charge in [0.25, 0.3) is 0 Å². The van der Waals surface area contributed by atoms with Gasteiger partial charge in [-0.3, -0.25) is 0 Å². The van der Waals surface area contributed by atoms with Crippen LogP contribution in [0.3, 0.4) is 0 Å². The first-order chi connectivity index (χ1) is 26.5. The summed E-state index contributed by atoms with van der Waals surface area (Å²) in [6, 6.07) is 14.8. The molecular formula is C52H84N2. The second-order valence-electron chi connectivity index (χ2n) is 16.9. The summed E-state index contributed by atoms with van der Waals surface area (Å²) in [4.78, 5) is 0. The third-order valence-corrected chi connectivity index (χ3v) is 11.8. The summed E-state index contributed by atoms with van der Waals surface area (Å²) in [5, 5.41) is 0. The highest BCUT2D eigenvalue weighted by Gasteiger charge is 2.35. The number of hydrogen-bond donors (Lipinski definition) is 0. The molecule has 2 nitrogen and oxygen atoms in total. The molecule has 2 aromatic carbocycles. The molecule has 1 heterocycles. The topological polar surface area (TPSA) is 25.3 Å². The number of allylic oxidation sites excluding steroid dienone is 2. The Kier molecular flexibility index (Phi) is 23.8. The van der Waals surface area contributed by atoms with Crippen molar-refractivity contribution >= 4 is 11.4 Å². The van der Waals surface area contributed by atoms with Gasteiger partial charge in [-0.2, -0.15) is 0 Å². The Morgan fingerprint density at radius 3 is 0.926 bits per heavy atom. The number of benzene rings is 2. The standard InChI is InChI=1S/C52H84N2/c1-7-13-19-22-25-28-33-45-38-46(34-29-26-23-20-14-8-2)42-48(41-45)51-49(35-18-12-6)50(36-30-27-24-21-15-9-3)52(54(51)53)47-39-43(31-16-10-4)37-44(40-47)32-17-11-5/h37-42H,7-36H2,1-6H3. The van der Waals surface area contributed by atoms with Crippen molar-refractivity contribution < 1.29 is 4.70 Å². The zero-order valence-electron chi connectivity index (χ0n) is 36.6. The minimum absolute atomic E-state index is 1.03. The Bertz CT molecular complexity index is 1350. The molecule has 0 bridgehead atoms. The van der Waals surface area contributed by atoms with Crippen LogP contribution in [0.15, 0.2) is 47.5 Å². The Hall–Kier alpha value is -2.48. The molecule has 2 heteroatoms.